The number of hydrogen-bond donors (Lipinski definition) is 1. The maximum Gasteiger partial charge on any atom is 0.354 e. The number of anilines is 1. The fourth-order valence-corrected chi connectivity index (χ4v) is 3.57. The molecule has 0 bridgehead atoms. The molecule has 2 heterocycles. The van der Waals surface area contributed by atoms with E-state index in [4.69, 9.17) is 43.1 Å². The van der Waals surface area contributed by atoms with Crippen molar-refractivity contribution < 1.29 is 23.8 Å². The van der Waals surface area contributed by atoms with E-state index >= 15 is 0 Å². The number of halogens is 2. The van der Waals surface area contributed by atoms with Crippen molar-refractivity contribution in [1.82, 2.24) is 14.5 Å². The number of ether oxygens (including phenoxy) is 3. The van der Waals surface area contributed by atoms with Crippen molar-refractivity contribution in [2.24, 2.45) is 0 Å². The Balaban J connectivity index is 1.50. The van der Waals surface area contributed by atoms with Crippen LogP contribution >= 0.6 is 23.2 Å². The molecule has 1 aliphatic rings. The van der Waals surface area contributed by atoms with Gasteiger partial charge in [-0.15, -0.1) is 0 Å². The van der Waals surface area contributed by atoms with Crippen molar-refractivity contribution in [3.63, 3.8) is 0 Å². The van der Waals surface area contributed by atoms with E-state index in [0.29, 0.717) is 10.0 Å². The molecule has 1 aromatic heterocycles. The Morgan fingerprint density at radius 1 is 1.03 bits per heavy atom. The predicted octanol–water partition coefficient (Wildman–Crippen LogP) is 2.90. The summed E-state index contributed by atoms with van der Waals surface area (Å²) in [5.41, 5.74) is 5.33. The minimum atomic E-state index is -0.865. The lowest BCUT2D eigenvalue weighted by Gasteiger charge is -2.19. The number of nitrogens with zero attached hydrogens (tertiary/aromatic N) is 3. The van der Waals surface area contributed by atoms with Gasteiger partial charge in [0.05, 0.1) is 11.1 Å². The molecule has 2 aromatic carbocycles. The fourth-order valence-electron chi connectivity index (χ4n) is 3.32. The average Bonchev–Trinajstić information content (AvgIpc) is 3.20. The number of nitrogen functional groups attached to an aromatic ring is 1. The maximum absolute atomic E-state index is 12.7. The third-order valence-corrected chi connectivity index (χ3v) is 5.54. The normalized spacial score (nSPS) is 19.5. The molecule has 0 amide bonds. The van der Waals surface area contributed by atoms with Crippen LogP contribution in [0.15, 0.2) is 59.7 Å². The van der Waals surface area contributed by atoms with Crippen molar-refractivity contribution >= 4 is 41.1 Å². The molecule has 1 fully saturated rings. The molecule has 0 spiro atoms. The Hall–Kier alpha value is -3.47. The van der Waals surface area contributed by atoms with Crippen LogP contribution < -0.4 is 11.4 Å². The van der Waals surface area contributed by atoms with Crippen LogP contribution in [0.25, 0.3) is 0 Å². The van der Waals surface area contributed by atoms with E-state index < -0.39 is 36.1 Å². The van der Waals surface area contributed by atoms with Crippen LogP contribution in [0.5, 0.6) is 0 Å². The quantitative estimate of drug-likeness (QED) is 0.502. The highest BCUT2D eigenvalue weighted by atomic mass is 35.5. The van der Waals surface area contributed by atoms with Gasteiger partial charge in [-0.2, -0.15) is 4.98 Å². The molecule has 0 saturated carbocycles. The molecule has 4 rings (SSSR count). The Morgan fingerprint density at radius 2 is 1.62 bits per heavy atom. The summed E-state index contributed by atoms with van der Waals surface area (Å²) in [6.07, 6.45) is -1.28. The lowest BCUT2D eigenvalue weighted by molar-refractivity contribution is -0.0584. The topological polar surface area (TPSA) is 136 Å². The first kappa shape index (κ1) is 23.7. The molecule has 176 valence electrons. The zero-order valence-corrected chi connectivity index (χ0v) is 19.0. The van der Waals surface area contributed by atoms with Gasteiger partial charge in [0, 0.05) is 16.5 Å². The highest BCUT2D eigenvalue weighted by Crippen LogP contribution is 2.31. The number of rotatable bonds is 6. The third kappa shape index (κ3) is 5.53. The molecule has 0 unspecified atom stereocenters. The van der Waals surface area contributed by atoms with E-state index in [0.717, 1.165) is 4.57 Å². The van der Waals surface area contributed by atoms with Crippen molar-refractivity contribution in [2.45, 2.75) is 24.9 Å². The van der Waals surface area contributed by atoms with Gasteiger partial charge in [0.25, 0.3) is 0 Å². The van der Waals surface area contributed by atoms with Crippen LogP contribution in [0, 0.1) is 0 Å². The first-order chi connectivity index (χ1) is 16.3. The summed E-state index contributed by atoms with van der Waals surface area (Å²) in [5, 5.41) is 0.944. The van der Waals surface area contributed by atoms with Crippen LogP contribution in [0.3, 0.4) is 0 Å². The molecule has 12 heteroatoms. The number of carbonyl (C=O) groups excluding carboxylic acids is 2. The third-order valence-electron chi connectivity index (χ3n) is 5.03. The number of carbonyl (C=O) groups is 2. The zero-order valence-electron chi connectivity index (χ0n) is 17.5. The van der Waals surface area contributed by atoms with Crippen molar-refractivity contribution in [3.8, 4) is 0 Å². The monoisotopic (exact) mass is 504 g/mol. The highest BCUT2D eigenvalue weighted by Gasteiger charge is 2.40. The molecule has 10 nitrogen and oxygen atoms in total. The molecule has 2 N–H and O–H groups in total. The second kappa shape index (κ2) is 10.2. The van der Waals surface area contributed by atoms with E-state index in [-0.39, 0.29) is 30.1 Å². The second-order valence-corrected chi connectivity index (χ2v) is 8.20. The standard InChI is InChI=1S/C22H18Cl2N4O6/c23-14-5-1-12(2-6-14)19(29)32-10-17-16(34-20(30)13-3-7-15(24)8-4-13)9-18(33-17)28-11-26-21(25)27-22(28)31/h1-8,11,16-18H,9-10H2,(H2,25,27,31)/t16-,17+,18+/m0/s1. The lowest BCUT2D eigenvalue weighted by atomic mass is 10.1. The van der Waals surface area contributed by atoms with Crippen molar-refractivity contribution in [1.29, 1.82) is 0 Å². The Morgan fingerprint density at radius 3 is 2.21 bits per heavy atom. The van der Waals surface area contributed by atoms with Gasteiger partial charge in [0.2, 0.25) is 5.95 Å². The molecule has 1 aliphatic heterocycles. The van der Waals surface area contributed by atoms with Crippen LogP contribution in [0.1, 0.15) is 33.4 Å². The minimum Gasteiger partial charge on any atom is -0.459 e. The van der Waals surface area contributed by atoms with E-state index in [2.05, 4.69) is 9.97 Å². The Kier molecular flexibility index (Phi) is 7.11. The lowest BCUT2D eigenvalue weighted by Crippen LogP contribution is -2.32. The number of nitrogens with two attached hydrogens (primary N) is 1. The summed E-state index contributed by atoms with van der Waals surface area (Å²) in [6.45, 7) is -0.235. The zero-order chi connectivity index (χ0) is 24.2. The molecule has 3 aromatic rings. The Bertz CT molecular complexity index is 1250. The summed E-state index contributed by atoms with van der Waals surface area (Å²) in [7, 11) is 0. The van der Waals surface area contributed by atoms with Crippen LogP contribution in [-0.4, -0.2) is 45.3 Å². The summed E-state index contributed by atoms with van der Waals surface area (Å²) in [4.78, 5) is 44.7. The largest absolute Gasteiger partial charge is 0.459 e. The van der Waals surface area contributed by atoms with Gasteiger partial charge in [-0.3, -0.25) is 4.57 Å². The maximum atomic E-state index is 12.7. The molecule has 0 radical (unpaired) electrons. The average molecular weight is 505 g/mol. The van der Waals surface area contributed by atoms with Crippen LogP contribution in [-0.2, 0) is 14.2 Å². The van der Waals surface area contributed by atoms with Gasteiger partial charge >= 0.3 is 17.6 Å². The van der Waals surface area contributed by atoms with Crippen LogP contribution in [0.2, 0.25) is 10.0 Å². The van der Waals surface area contributed by atoms with Gasteiger partial charge in [0.15, 0.2) is 0 Å². The molecule has 0 aliphatic carbocycles. The van der Waals surface area contributed by atoms with Gasteiger partial charge in [0.1, 0.15) is 31.4 Å². The summed E-state index contributed by atoms with van der Waals surface area (Å²) >= 11 is 11.7. The van der Waals surface area contributed by atoms with Crippen molar-refractivity contribution in [3.05, 3.63) is 86.5 Å². The van der Waals surface area contributed by atoms with Gasteiger partial charge in [-0.1, -0.05) is 23.2 Å². The SMILES string of the molecule is Nc1ncn([C@H]2C[C@H](OC(=O)c3ccc(Cl)cc3)[C@@H](COC(=O)c3ccc(Cl)cc3)O2)c(=O)n1. The minimum absolute atomic E-state index is 0.0929. The molecular formula is C22H18Cl2N4O6. The smallest absolute Gasteiger partial charge is 0.354 e. The van der Waals surface area contributed by atoms with E-state index in [9.17, 15) is 14.4 Å². The highest BCUT2D eigenvalue weighted by molar-refractivity contribution is 6.31. The van der Waals surface area contributed by atoms with E-state index in [1.54, 1.807) is 24.3 Å². The second-order valence-electron chi connectivity index (χ2n) is 7.33. The first-order valence-electron chi connectivity index (χ1n) is 10.1. The number of aromatic nitrogens is 3. The van der Waals surface area contributed by atoms with Crippen LogP contribution in [0.4, 0.5) is 5.95 Å². The van der Waals surface area contributed by atoms with Crippen molar-refractivity contribution in [2.75, 3.05) is 12.3 Å². The molecular weight excluding hydrogens is 487 g/mol. The fraction of sp³-hybridized carbons (Fsp3) is 0.227. The molecule has 3 atom stereocenters. The number of hydrogen-bond acceptors (Lipinski definition) is 9. The summed E-state index contributed by atoms with van der Waals surface area (Å²) in [5.74, 6) is -1.42. The predicted molar refractivity (Wildman–Crippen MR) is 122 cm³/mol. The summed E-state index contributed by atoms with van der Waals surface area (Å²) in [6, 6.07) is 12.3. The number of benzene rings is 2. The summed E-state index contributed by atoms with van der Waals surface area (Å²) < 4.78 is 18.0. The number of esters is 2. The van der Waals surface area contributed by atoms with Gasteiger partial charge in [-0.05, 0) is 48.5 Å². The Labute approximate surface area is 203 Å². The van der Waals surface area contributed by atoms with Gasteiger partial charge in [-0.25, -0.2) is 19.4 Å². The molecule has 1 saturated heterocycles. The molecule has 34 heavy (non-hydrogen) atoms. The van der Waals surface area contributed by atoms with E-state index in [1.165, 1.54) is 30.6 Å². The first-order valence-corrected chi connectivity index (χ1v) is 10.8. The van der Waals surface area contributed by atoms with Gasteiger partial charge < -0.3 is 19.9 Å². The van der Waals surface area contributed by atoms with E-state index in [1.807, 2.05) is 0 Å².